The molecule has 0 aromatic carbocycles. The lowest BCUT2D eigenvalue weighted by molar-refractivity contribution is 0.572. The SMILES string of the molecule is CCc1nc(CNCC2CCCS2(=O)=O)cs1. The van der Waals surface area contributed by atoms with Crippen LogP contribution in [0.5, 0.6) is 0 Å². The molecular formula is C11H18N2O2S2. The monoisotopic (exact) mass is 274 g/mol. The molecule has 0 saturated carbocycles. The van der Waals surface area contributed by atoms with Gasteiger partial charge in [0.25, 0.3) is 0 Å². The average molecular weight is 274 g/mol. The standard InChI is InChI=1S/C11H18N2O2S2/c1-2-11-13-9(8-16-11)6-12-7-10-4-3-5-17(10,14)15/h8,10,12H,2-7H2,1H3. The van der Waals surface area contributed by atoms with Crippen LogP contribution in [0.25, 0.3) is 0 Å². The third-order valence-electron chi connectivity index (χ3n) is 3.04. The zero-order valence-electron chi connectivity index (χ0n) is 9.98. The van der Waals surface area contributed by atoms with Gasteiger partial charge in [-0.05, 0) is 19.3 Å². The molecule has 1 saturated heterocycles. The molecule has 17 heavy (non-hydrogen) atoms. The fourth-order valence-corrected chi connectivity index (χ4v) is 4.59. The van der Waals surface area contributed by atoms with E-state index in [9.17, 15) is 8.42 Å². The normalized spacial score (nSPS) is 23.0. The molecule has 1 atom stereocenters. The number of nitrogens with zero attached hydrogens (tertiary/aromatic N) is 1. The van der Waals surface area contributed by atoms with E-state index < -0.39 is 9.84 Å². The largest absolute Gasteiger partial charge is 0.310 e. The highest BCUT2D eigenvalue weighted by atomic mass is 32.2. The van der Waals surface area contributed by atoms with E-state index >= 15 is 0 Å². The summed E-state index contributed by atoms with van der Waals surface area (Å²) in [6, 6.07) is 0. The van der Waals surface area contributed by atoms with Crippen LogP contribution in [0.15, 0.2) is 5.38 Å². The molecule has 2 heterocycles. The van der Waals surface area contributed by atoms with E-state index in [0.717, 1.165) is 30.0 Å². The van der Waals surface area contributed by atoms with Crippen molar-refractivity contribution >= 4 is 21.2 Å². The molecule has 0 bridgehead atoms. The molecule has 0 radical (unpaired) electrons. The number of aromatic nitrogens is 1. The Hall–Kier alpha value is -0.460. The summed E-state index contributed by atoms with van der Waals surface area (Å²) in [5.41, 5.74) is 1.02. The van der Waals surface area contributed by atoms with Crippen LogP contribution >= 0.6 is 11.3 Å². The first-order valence-electron chi connectivity index (χ1n) is 5.97. The summed E-state index contributed by atoms with van der Waals surface area (Å²) in [7, 11) is -2.82. The van der Waals surface area contributed by atoms with Gasteiger partial charge < -0.3 is 5.32 Å². The predicted octanol–water partition coefficient (Wildman–Crippen LogP) is 1.37. The van der Waals surface area contributed by atoms with Gasteiger partial charge in [-0.25, -0.2) is 13.4 Å². The average Bonchev–Trinajstić information content (AvgIpc) is 2.86. The van der Waals surface area contributed by atoms with Crippen LogP contribution in [-0.2, 0) is 22.8 Å². The number of sulfone groups is 1. The van der Waals surface area contributed by atoms with Crippen molar-refractivity contribution in [2.24, 2.45) is 0 Å². The number of thiazole rings is 1. The zero-order valence-corrected chi connectivity index (χ0v) is 11.6. The van der Waals surface area contributed by atoms with E-state index in [0.29, 0.717) is 18.8 Å². The van der Waals surface area contributed by atoms with Gasteiger partial charge in [-0.1, -0.05) is 6.92 Å². The molecule has 6 heteroatoms. The number of rotatable bonds is 5. The van der Waals surface area contributed by atoms with Crippen molar-refractivity contribution in [2.45, 2.75) is 38.0 Å². The molecule has 1 aliphatic rings. The number of hydrogen-bond donors (Lipinski definition) is 1. The van der Waals surface area contributed by atoms with Crippen LogP contribution in [0.1, 0.15) is 30.5 Å². The summed E-state index contributed by atoms with van der Waals surface area (Å²) in [5, 5.41) is 6.18. The molecule has 4 nitrogen and oxygen atoms in total. The Bertz CT molecular complexity index is 468. The molecule has 1 aliphatic heterocycles. The van der Waals surface area contributed by atoms with E-state index in [4.69, 9.17) is 0 Å². The lowest BCUT2D eigenvalue weighted by atomic mass is 10.2. The summed E-state index contributed by atoms with van der Waals surface area (Å²) in [6.07, 6.45) is 2.57. The molecule has 0 amide bonds. The first-order chi connectivity index (χ1) is 8.12. The molecule has 0 spiro atoms. The maximum atomic E-state index is 11.6. The second-order valence-corrected chi connectivity index (χ2v) is 7.69. The van der Waals surface area contributed by atoms with Gasteiger partial charge >= 0.3 is 0 Å². The second kappa shape index (κ2) is 5.46. The van der Waals surface area contributed by atoms with Crippen molar-refractivity contribution in [1.82, 2.24) is 10.3 Å². The van der Waals surface area contributed by atoms with Gasteiger partial charge in [0, 0.05) is 18.5 Å². The number of hydrogen-bond acceptors (Lipinski definition) is 5. The van der Waals surface area contributed by atoms with Gasteiger partial charge in [-0.2, -0.15) is 0 Å². The maximum Gasteiger partial charge on any atom is 0.154 e. The lowest BCUT2D eigenvalue weighted by Gasteiger charge is -2.09. The third-order valence-corrected chi connectivity index (χ3v) is 6.36. The fourth-order valence-electron chi connectivity index (χ4n) is 2.04. The van der Waals surface area contributed by atoms with Gasteiger partial charge in [0.05, 0.1) is 21.7 Å². The quantitative estimate of drug-likeness (QED) is 0.881. The molecule has 1 unspecified atom stereocenters. The molecule has 1 N–H and O–H groups in total. The summed E-state index contributed by atoms with van der Waals surface area (Å²) >= 11 is 1.66. The van der Waals surface area contributed by atoms with Crippen LogP contribution in [0.4, 0.5) is 0 Å². The Labute approximate surface area is 106 Å². The Morgan fingerprint density at radius 2 is 2.41 bits per heavy atom. The van der Waals surface area contributed by atoms with Crippen LogP contribution < -0.4 is 5.32 Å². The van der Waals surface area contributed by atoms with Gasteiger partial charge in [0.2, 0.25) is 0 Å². The van der Waals surface area contributed by atoms with Crippen molar-refractivity contribution in [3.8, 4) is 0 Å². The van der Waals surface area contributed by atoms with E-state index in [-0.39, 0.29) is 5.25 Å². The number of nitrogens with one attached hydrogen (secondary N) is 1. The molecular weight excluding hydrogens is 256 g/mol. The Morgan fingerprint density at radius 3 is 3.00 bits per heavy atom. The summed E-state index contributed by atoms with van der Waals surface area (Å²) in [6.45, 7) is 3.31. The van der Waals surface area contributed by atoms with Crippen LogP contribution in [0.3, 0.4) is 0 Å². The minimum atomic E-state index is -2.82. The molecule has 2 rings (SSSR count). The van der Waals surface area contributed by atoms with Gasteiger partial charge in [-0.3, -0.25) is 0 Å². The maximum absolute atomic E-state index is 11.6. The molecule has 0 aliphatic carbocycles. The fraction of sp³-hybridized carbons (Fsp3) is 0.727. The summed E-state index contributed by atoms with van der Waals surface area (Å²) in [4.78, 5) is 4.44. The topological polar surface area (TPSA) is 59.1 Å². The highest BCUT2D eigenvalue weighted by Gasteiger charge is 2.30. The predicted molar refractivity (Wildman–Crippen MR) is 70.0 cm³/mol. The highest BCUT2D eigenvalue weighted by molar-refractivity contribution is 7.92. The zero-order chi connectivity index (χ0) is 12.3. The van der Waals surface area contributed by atoms with Crippen LogP contribution in [-0.4, -0.2) is 30.9 Å². The second-order valence-electron chi connectivity index (χ2n) is 4.35. The van der Waals surface area contributed by atoms with E-state index in [1.165, 1.54) is 0 Å². The Kier molecular flexibility index (Phi) is 4.17. The summed E-state index contributed by atoms with van der Waals surface area (Å²) in [5.74, 6) is 0.357. The summed E-state index contributed by atoms with van der Waals surface area (Å²) < 4.78 is 23.2. The van der Waals surface area contributed by atoms with Crippen molar-refractivity contribution in [2.75, 3.05) is 12.3 Å². The van der Waals surface area contributed by atoms with E-state index in [1.807, 2.05) is 5.38 Å². The number of aryl methyl sites for hydroxylation is 1. The minimum Gasteiger partial charge on any atom is -0.310 e. The van der Waals surface area contributed by atoms with Crippen molar-refractivity contribution < 1.29 is 8.42 Å². The van der Waals surface area contributed by atoms with Crippen LogP contribution in [0, 0.1) is 0 Å². The molecule has 96 valence electrons. The first-order valence-corrected chi connectivity index (χ1v) is 8.57. The Morgan fingerprint density at radius 1 is 1.59 bits per heavy atom. The van der Waals surface area contributed by atoms with Crippen LogP contribution in [0.2, 0.25) is 0 Å². The lowest BCUT2D eigenvalue weighted by Crippen LogP contribution is -2.30. The molecule has 1 aromatic heterocycles. The van der Waals surface area contributed by atoms with Gasteiger partial charge in [0.15, 0.2) is 9.84 Å². The highest BCUT2D eigenvalue weighted by Crippen LogP contribution is 2.19. The van der Waals surface area contributed by atoms with E-state index in [2.05, 4.69) is 17.2 Å². The van der Waals surface area contributed by atoms with Gasteiger partial charge in [0.1, 0.15) is 0 Å². The Balaban J connectivity index is 1.80. The van der Waals surface area contributed by atoms with Gasteiger partial charge in [-0.15, -0.1) is 11.3 Å². The molecule has 1 aromatic rings. The molecule has 1 fully saturated rings. The third kappa shape index (κ3) is 3.26. The van der Waals surface area contributed by atoms with Crippen molar-refractivity contribution in [1.29, 1.82) is 0 Å². The minimum absolute atomic E-state index is 0.188. The van der Waals surface area contributed by atoms with Crippen molar-refractivity contribution in [3.05, 3.63) is 16.1 Å². The first kappa shape index (κ1) is 13.0. The van der Waals surface area contributed by atoms with E-state index in [1.54, 1.807) is 11.3 Å². The smallest absolute Gasteiger partial charge is 0.154 e. The van der Waals surface area contributed by atoms with Crippen molar-refractivity contribution in [3.63, 3.8) is 0 Å².